The molecule has 1 aromatic heterocycles. The lowest BCUT2D eigenvalue weighted by molar-refractivity contribution is 0.116. The molecule has 18 heavy (non-hydrogen) atoms. The predicted octanol–water partition coefficient (Wildman–Crippen LogP) is 2.20. The second-order valence-corrected chi connectivity index (χ2v) is 4.34. The molecule has 0 bridgehead atoms. The molecule has 1 atom stereocenters. The van der Waals surface area contributed by atoms with Crippen molar-refractivity contribution in [2.24, 2.45) is 0 Å². The van der Waals surface area contributed by atoms with Crippen LogP contribution in [0.5, 0.6) is 0 Å². The zero-order valence-corrected chi connectivity index (χ0v) is 10.8. The SMILES string of the molecule is COC(C)Cc1noc(-c2ccc(C)c(N)c2)n1. The fraction of sp³-hybridized carbons (Fsp3) is 0.385. The van der Waals surface area contributed by atoms with Gasteiger partial charge in [0.05, 0.1) is 6.10 Å². The molecular weight excluding hydrogens is 230 g/mol. The standard InChI is InChI=1S/C13H17N3O2/c1-8-4-5-10(7-11(8)14)13-15-12(16-18-13)6-9(2)17-3/h4-5,7,9H,6,14H2,1-3H3. The van der Waals surface area contributed by atoms with E-state index in [-0.39, 0.29) is 6.10 Å². The number of nitrogens with two attached hydrogens (primary N) is 1. The van der Waals surface area contributed by atoms with Gasteiger partial charge in [0.1, 0.15) is 0 Å². The zero-order valence-electron chi connectivity index (χ0n) is 10.8. The van der Waals surface area contributed by atoms with Crippen molar-refractivity contribution in [3.05, 3.63) is 29.6 Å². The Morgan fingerprint density at radius 1 is 1.44 bits per heavy atom. The summed E-state index contributed by atoms with van der Waals surface area (Å²) in [6, 6.07) is 5.70. The molecular formula is C13H17N3O2. The van der Waals surface area contributed by atoms with E-state index in [0.29, 0.717) is 18.1 Å². The average Bonchev–Trinajstić information content (AvgIpc) is 2.81. The number of ether oxygens (including phenoxy) is 1. The van der Waals surface area contributed by atoms with Crippen LogP contribution in [-0.4, -0.2) is 23.4 Å². The number of hydrogen-bond acceptors (Lipinski definition) is 5. The Kier molecular flexibility index (Phi) is 3.62. The first kappa shape index (κ1) is 12.6. The highest BCUT2D eigenvalue weighted by Gasteiger charge is 2.12. The van der Waals surface area contributed by atoms with Crippen molar-refractivity contribution < 1.29 is 9.26 Å². The van der Waals surface area contributed by atoms with Gasteiger partial charge in [-0.25, -0.2) is 0 Å². The first-order chi connectivity index (χ1) is 8.60. The molecule has 0 aliphatic carbocycles. The van der Waals surface area contributed by atoms with Gasteiger partial charge in [0.2, 0.25) is 0 Å². The number of anilines is 1. The van der Waals surface area contributed by atoms with Crippen molar-refractivity contribution in [3.8, 4) is 11.5 Å². The summed E-state index contributed by atoms with van der Waals surface area (Å²) in [5, 5.41) is 3.93. The molecule has 2 aromatic rings. The molecule has 0 aliphatic heterocycles. The first-order valence-corrected chi connectivity index (χ1v) is 5.82. The number of nitrogen functional groups attached to an aromatic ring is 1. The Labute approximate surface area is 106 Å². The average molecular weight is 247 g/mol. The quantitative estimate of drug-likeness (QED) is 0.838. The van der Waals surface area contributed by atoms with Crippen LogP contribution in [0, 0.1) is 6.92 Å². The fourth-order valence-corrected chi connectivity index (χ4v) is 1.57. The molecule has 0 saturated heterocycles. The summed E-state index contributed by atoms with van der Waals surface area (Å²) < 4.78 is 10.4. The van der Waals surface area contributed by atoms with E-state index in [4.69, 9.17) is 15.0 Å². The maximum Gasteiger partial charge on any atom is 0.257 e. The minimum absolute atomic E-state index is 0.0681. The molecule has 1 aromatic carbocycles. The summed E-state index contributed by atoms with van der Waals surface area (Å²) in [6.45, 7) is 3.92. The zero-order chi connectivity index (χ0) is 13.1. The highest BCUT2D eigenvalue weighted by molar-refractivity contribution is 5.62. The topological polar surface area (TPSA) is 74.2 Å². The van der Waals surface area contributed by atoms with Gasteiger partial charge in [-0.1, -0.05) is 11.2 Å². The predicted molar refractivity (Wildman–Crippen MR) is 69.1 cm³/mol. The van der Waals surface area contributed by atoms with Crippen LogP contribution in [-0.2, 0) is 11.2 Å². The number of nitrogens with zero attached hydrogens (tertiary/aromatic N) is 2. The van der Waals surface area contributed by atoms with Crippen molar-refractivity contribution in [2.45, 2.75) is 26.4 Å². The Bertz CT molecular complexity index is 537. The van der Waals surface area contributed by atoms with E-state index in [9.17, 15) is 0 Å². The summed E-state index contributed by atoms with van der Waals surface area (Å²) >= 11 is 0. The second-order valence-electron chi connectivity index (χ2n) is 4.34. The molecule has 5 nitrogen and oxygen atoms in total. The van der Waals surface area contributed by atoms with E-state index in [1.54, 1.807) is 7.11 Å². The molecule has 1 heterocycles. The Balaban J connectivity index is 2.21. The highest BCUT2D eigenvalue weighted by atomic mass is 16.5. The molecule has 1 unspecified atom stereocenters. The van der Waals surface area contributed by atoms with Gasteiger partial charge in [0, 0.05) is 24.8 Å². The summed E-state index contributed by atoms with van der Waals surface area (Å²) in [5.74, 6) is 1.12. The van der Waals surface area contributed by atoms with Crippen LogP contribution in [0.1, 0.15) is 18.3 Å². The van der Waals surface area contributed by atoms with Crippen molar-refractivity contribution in [3.63, 3.8) is 0 Å². The smallest absolute Gasteiger partial charge is 0.257 e. The van der Waals surface area contributed by atoms with Crippen LogP contribution in [0.15, 0.2) is 22.7 Å². The molecule has 0 aliphatic rings. The van der Waals surface area contributed by atoms with E-state index < -0.39 is 0 Å². The molecule has 0 radical (unpaired) electrons. The van der Waals surface area contributed by atoms with Gasteiger partial charge in [-0.15, -0.1) is 0 Å². The largest absolute Gasteiger partial charge is 0.398 e. The Morgan fingerprint density at radius 2 is 2.22 bits per heavy atom. The highest BCUT2D eigenvalue weighted by Crippen LogP contribution is 2.22. The van der Waals surface area contributed by atoms with Gasteiger partial charge in [-0.2, -0.15) is 4.98 Å². The summed E-state index contributed by atoms with van der Waals surface area (Å²) in [6.07, 6.45) is 0.694. The second kappa shape index (κ2) is 5.18. The number of hydrogen-bond donors (Lipinski definition) is 1. The number of aromatic nitrogens is 2. The van der Waals surface area contributed by atoms with Crippen LogP contribution in [0.2, 0.25) is 0 Å². The minimum atomic E-state index is 0.0681. The van der Waals surface area contributed by atoms with E-state index >= 15 is 0 Å². The molecule has 0 spiro atoms. The lowest BCUT2D eigenvalue weighted by Gasteiger charge is -2.04. The van der Waals surface area contributed by atoms with Crippen molar-refractivity contribution >= 4 is 5.69 Å². The lowest BCUT2D eigenvalue weighted by atomic mass is 10.1. The van der Waals surface area contributed by atoms with Gasteiger partial charge >= 0.3 is 0 Å². The maximum absolute atomic E-state index is 5.86. The van der Waals surface area contributed by atoms with Crippen LogP contribution in [0.4, 0.5) is 5.69 Å². The third-order valence-corrected chi connectivity index (χ3v) is 2.87. The summed E-state index contributed by atoms with van der Waals surface area (Å²) in [4.78, 5) is 4.33. The van der Waals surface area contributed by atoms with E-state index in [1.165, 1.54) is 0 Å². The monoisotopic (exact) mass is 247 g/mol. The molecule has 5 heteroatoms. The van der Waals surface area contributed by atoms with Gasteiger partial charge in [-0.05, 0) is 31.5 Å². The van der Waals surface area contributed by atoms with E-state index in [0.717, 1.165) is 16.8 Å². The molecule has 0 saturated carbocycles. The van der Waals surface area contributed by atoms with Crippen LogP contribution in [0.25, 0.3) is 11.5 Å². The van der Waals surface area contributed by atoms with Crippen LogP contribution < -0.4 is 5.73 Å². The normalized spacial score (nSPS) is 12.6. The van der Waals surface area contributed by atoms with Crippen molar-refractivity contribution in [1.29, 1.82) is 0 Å². The molecule has 2 rings (SSSR count). The maximum atomic E-state index is 5.86. The fourth-order valence-electron chi connectivity index (χ4n) is 1.57. The minimum Gasteiger partial charge on any atom is -0.398 e. The first-order valence-electron chi connectivity index (χ1n) is 5.82. The van der Waals surface area contributed by atoms with Crippen LogP contribution >= 0.6 is 0 Å². The van der Waals surface area contributed by atoms with Gasteiger partial charge < -0.3 is 15.0 Å². The summed E-state index contributed by atoms with van der Waals surface area (Å²) in [7, 11) is 1.66. The molecule has 0 fully saturated rings. The van der Waals surface area contributed by atoms with Crippen LogP contribution in [0.3, 0.4) is 0 Å². The number of rotatable bonds is 4. The van der Waals surface area contributed by atoms with E-state index in [2.05, 4.69) is 10.1 Å². The molecule has 2 N–H and O–H groups in total. The van der Waals surface area contributed by atoms with Gasteiger partial charge in [-0.3, -0.25) is 0 Å². The number of benzene rings is 1. The Hall–Kier alpha value is -1.88. The van der Waals surface area contributed by atoms with Gasteiger partial charge in [0.25, 0.3) is 5.89 Å². The van der Waals surface area contributed by atoms with Gasteiger partial charge in [0.15, 0.2) is 5.82 Å². The lowest BCUT2D eigenvalue weighted by Crippen LogP contribution is -2.09. The third kappa shape index (κ3) is 2.68. The number of aryl methyl sites for hydroxylation is 1. The van der Waals surface area contributed by atoms with Crippen molar-refractivity contribution in [1.82, 2.24) is 10.1 Å². The molecule has 96 valence electrons. The summed E-state index contributed by atoms with van der Waals surface area (Å²) in [5.41, 5.74) is 8.45. The third-order valence-electron chi connectivity index (χ3n) is 2.87. The number of methoxy groups -OCH3 is 1. The molecule has 0 amide bonds. The van der Waals surface area contributed by atoms with E-state index in [1.807, 2.05) is 32.0 Å². The van der Waals surface area contributed by atoms with Crippen molar-refractivity contribution in [2.75, 3.05) is 12.8 Å². The Morgan fingerprint density at radius 3 is 2.89 bits per heavy atom.